The zero-order chi connectivity index (χ0) is 11.7. The number of aryl methyl sites for hydroxylation is 2. The second kappa shape index (κ2) is 4.17. The first-order valence-corrected chi connectivity index (χ1v) is 6.05. The van der Waals surface area contributed by atoms with Crippen LogP contribution in [0.4, 0.5) is 5.82 Å². The minimum atomic E-state index is 0.565. The molecule has 84 valence electrons. The van der Waals surface area contributed by atoms with Crippen LogP contribution in [0.1, 0.15) is 23.2 Å². The SMILES string of the molecule is CCc1c(C)nc(-c2csc(C)n2)nc1N. The summed E-state index contributed by atoms with van der Waals surface area (Å²) in [5.41, 5.74) is 8.67. The topological polar surface area (TPSA) is 64.7 Å². The van der Waals surface area contributed by atoms with E-state index in [0.717, 1.165) is 28.4 Å². The van der Waals surface area contributed by atoms with Gasteiger partial charge >= 0.3 is 0 Å². The Morgan fingerprint density at radius 1 is 1.25 bits per heavy atom. The van der Waals surface area contributed by atoms with Gasteiger partial charge in [0.2, 0.25) is 0 Å². The summed E-state index contributed by atoms with van der Waals surface area (Å²) in [6.07, 6.45) is 0.855. The Bertz CT molecular complexity index is 495. The van der Waals surface area contributed by atoms with Crippen LogP contribution in [0.5, 0.6) is 0 Å². The van der Waals surface area contributed by atoms with Gasteiger partial charge in [0, 0.05) is 16.6 Å². The summed E-state index contributed by atoms with van der Waals surface area (Å²) < 4.78 is 0. The highest BCUT2D eigenvalue weighted by Crippen LogP contribution is 2.22. The van der Waals surface area contributed by atoms with Crippen molar-refractivity contribution in [3.8, 4) is 11.5 Å². The highest BCUT2D eigenvalue weighted by molar-refractivity contribution is 7.09. The molecule has 0 radical (unpaired) electrons. The van der Waals surface area contributed by atoms with E-state index in [-0.39, 0.29) is 0 Å². The van der Waals surface area contributed by atoms with Crippen LogP contribution in [-0.4, -0.2) is 15.0 Å². The summed E-state index contributed by atoms with van der Waals surface area (Å²) in [6.45, 7) is 5.97. The van der Waals surface area contributed by atoms with Gasteiger partial charge in [0.05, 0.1) is 5.01 Å². The second-order valence-corrected chi connectivity index (χ2v) is 4.66. The molecule has 0 amide bonds. The van der Waals surface area contributed by atoms with Crippen LogP contribution in [0.3, 0.4) is 0 Å². The van der Waals surface area contributed by atoms with Crippen molar-refractivity contribution in [3.05, 3.63) is 21.6 Å². The van der Waals surface area contributed by atoms with E-state index in [9.17, 15) is 0 Å². The third-order valence-electron chi connectivity index (χ3n) is 2.45. The predicted molar refractivity (Wildman–Crippen MR) is 66.4 cm³/mol. The van der Waals surface area contributed by atoms with E-state index < -0.39 is 0 Å². The number of rotatable bonds is 2. The molecule has 0 saturated heterocycles. The smallest absolute Gasteiger partial charge is 0.181 e. The summed E-state index contributed by atoms with van der Waals surface area (Å²) in [4.78, 5) is 13.1. The molecule has 0 saturated carbocycles. The van der Waals surface area contributed by atoms with E-state index in [4.69, 9.17) is 5.73 Å². The molecule has 0 aliphatic heterocycles. The lowest BCUT2D eigenvalue weighted by Gasteiger charge is -2.07. The Labute approximate surface area is 98.6 Å². The van der Waals surface area contributed by atoms with E-state index in [0.29, 0.717) is 11.6 Å². The number of hydrogen-bond acceptors (Lipinski definition) is 5. The van der Waals surface area contributed by atoms with Crippen molar-refractivity contribution in [2.24, 2.45) is 0 Å². The third-order valence-corrected chi connectivity index (χ3v) is 3.22. The summed E-state index contributed by atoms with van der Waals surface area (Å²) >= 11 is 1.59. The van der Waals surface area contributed by atoms with Crippen molar-refractivity contribution >= 4 is 17.2 Å². The normalized spacial score (nSPS) is 10.7. The standard InChI is InChI=1S/C11H14N4S/c1-4-8-6(2)13-11(15-10(8)12)9-5-16-7(3)14-9/h5H,4H2,1-3H3,(H2,12,13,15). The molecule has 0 bridgehead atoms. The van der Waals surface area contributed by atoms with Gasteiger partial charge in [0.25, 0.3) is 0 Å². The molecule has 0 atom stereocenters. The van der Waals surface area contributed by atoms with Gasteiger partial charge in [-0.3, -0.25) is 0 Å². The highest BCUT2D eigenvalue weighted by atomic mass is 32.1. The maximum absolute atomic E-state index is 5.90. The van der Waals surface area contributed by atoms with E-state index in [1.165, 1.54) is 0 Å². The van der Waals surface area contributed by atoms with Gasteiger partial charge in [-0.1, -0.05) is 6.92 Å². The largest absolute Gasteiger partial charge is 0.383 e. The minimum absolute atomic E-state index is 0.565. The lowest BCUT2D eigenvalue weighted by atomic mass is 10.1. The lowest BCUT2D eigenvalue weighted by Crippen LogP contribution is -2.04. The molecule has 0 aliphatic carbocycles. The number of hydrogen-bond donors (Lipinski definition) is 1. The minimum Gasteiger partial charge on any atom is -0.383 e. The average molecular weight is 234 g/mol. The molecule has 2 N–H and O–H groups in total. The maximum atomic E-state index is 5.90. The Hall–Kier alpha value is -1.49. The Morgan fingerprint density at radius 2 is 2.00 bits per heavy atom. The fourth-order valence-corrected chi connectivity index (χ4v) is 2.23. The Balaban J connectivity index is 2.52. The molecule has 0 aromatic carbocycles. The van der Waals surface area contributed by atoms with Gasteiger partial charge in [0.15, 0.2) is 5.82 Å². The summed E-state index contributed by atoms with van der Waals surface area (Å²) in [5, 5.41) is 2.96. The first-order chi connectivity index (χ1) is 7.61. The van der Waals surface area contributed by atoms with Gasteiger partial charge in [0.1, 0.15) is 11.5 Å². The molecule has 2 heterocycles. The molecule has 0 fully saturated rings. The molecule has 16 heavy (non-hydrogen) atoms. The number of aromatic nitrogens is 3. The van der Waals surface area contributed by atoms with Crippen LogP contribution in [0.2, 0.25) is 0 Å². The third kappa shape index (κ3) is 1.90. The quantitative estimate of drug-likeness (QED) is 0.866. The molecule has 2 rings (SSSR count). The maximum Gasteiger partial charge on any atom is 0.181 e. The van der Waals surface area contributed by atoms with Crippen LogP contribution >= 0.6 is 11.3 Å². The van der Waals surface area contributed by atoms with Crippen molar-refractivity contribution in [2.75, 3.05) is 5.73 Å². The first kappa shape index (κ1) is 11.0. The van der Waals surface area contributed by atoms with E-state index >= 15 is 0 Å². The summed E-state index contributed by atoms with van der Waals surface area (Å²) in [7, 11) is 0. The monoisotopic (exact) mass is 234 g/mol. The summed E-state index contributed by atoms with van der Waals surface area (Å²) in [6, 6.07) is 0. The highest BCUT2D eigenvalue weighted by Gasteiger charge is 2.11. The average Bonchev–Trinajstić information content (AvgIpc) is 2.64. The van der Waals surface area contributed by atoms with Crippen molar-refractivity contribution < 1.29 is 0 Å². The van der Waals surface area contributed by atoms with Crippen molar-refractivity contribution in [1.29, 1.82) is 0 Å². The number of thiazole rings is 1. The molecule has 2 aromatic heterocycles. The predicted octanol–water partition coefficient (Wildman–Crippen LogP) is 2.36. The van der Waals surface area contributed by atoms with Gasteiger partial charge in [-0.15, -0.1) is 11.3 Å². The molecular weight excluding hydrogens is 220 g/mol. The summed E-state index contributed by atoms with van der Waals surface area (Å²) in [5.74, 6) is 1.19. The number of anilines is 1. The number of nitrogen functional groups attached to an aromatic ring is 1. The van der Waals surface area contributed by atoms with Gasteiger partial charge in [-0.05, 0) is 20.3 Å². The molecule has 2 aromatic rings. The van der Waals surface area contributed by atoms with Gasteiger partial charge in [-0.25, -0.2) is 15.0 Å². The van der Waals surface area contributed by atoms with Gasteiger partial charge < -0.3 is 5.73 Å². The van der Waals surface area contributed by atoms with Crippen LogP contribution < -0.4 is 5.73 Å². The zero-order valence-corrected chi connectivity index (χ0v) is 10.4. The van der Waals surface area contributed by atoms with Crippen LogP contribution in [0.15, 0.2) is 5.38 Å². The zero-order valence-electron chi connectivity index (χ0n) is 9.61. The van der Waals surface area contributed by atoms with Crippen LogP contribution in [0.25, 0.3) is 11.5 Å². The molecule has 5 heteroatoms. The fourth-order valence-electron chi connectivity index (χ4n) is 1.64. The molecule has 0 unspecified atom stereocenters. The molecule has 0 aliphatic rings. The van der Waals surface area contributed by atoms with E-state index in [2.05, 4.69) is 21.9 Å². The molecular formula is C11H14N4S. The number of nitrogens with zero attached hydrogens (tertiary/aromatic N) is 3. The van der Waals surface area contributed by atoms with E-state index in [1.807, 2.05) is 19.2 Å². The van der Waals surface area contributed by atoms with Crippen molar-refractivity contribution in [2.45, 2.75) is 27.2 Å². The fraction of sp³-hybridized carbons (Fsp3) is 0.364. The lowest BCUT2D eigenvalue weighted by molar-refractivity contribution is 1.00. The van der Waals surface area contributed by atoms with Crippen LogP contribution in [-0.2, 0) is 6.42 Å². The second-order valence-electron chi connectivity index (χ2n) is 3.60. The Morgan fingerprint density at radius 3 is 2.50 bits per heavy atom. The van der Waals surface area contributed by atoms with Crippen molar-refractivity contribution in [3.63, 3.8) is 0 Å². The molecule has 4 nitrogen and oxygen atoms in total. The Kier molecular flexibility index (Phi) is 2.87. The first-order valence-electron chi connectivity index (χ1n) is 5.17. The molecule has 0 spiro atoms. The van der Waals surface area contributed by atoms with Crippen LogP contribution in [0, 0.1) is 13.8 Å². The van der Waals surface area contributed by atoms with E-state index in [1.54, 1.807) is 11.3 Å². The number of nitrogens with two attached hydrogens (primary N) is 1. The van der Waals surface area contributed by atoms with Gasteiger partial charge in [-0.2, -0.15) is 0 Å². The van der Waals surface area contributed by atoms with Crippen molar-refractivity contribution in [1.82, 2.24) is 15.0 Å².